The zero-order chi connectivity index (χ0) is 14.6. The van der Waals surface area contributed by atoms with Gasteiger partial charge in [-0.3, -0.25) is 4.99 Å². The summed E-state index contributed by atoms with van der Waals surface area (Å²) in [7, 11) is 0. The molecule has 0 aromatic heterocycles. The molecule has 0 bridgehead atoms. The van der Waals surface area contributed by atoms with Crippen molar-refractivity contribution >= 4 is 5.84 Å². The van der Waals surface area contributed by atoms with Crippen LogP contribution in [0.3, 0.4) is 0 Å². The number of nitrogens with zero attached hydrogens (tertiary/aromatic N) is 1. The fraction of sp³-hybridized carbons (Fsp3) is 0.500. The Kier molecular flexibility index (Phi) is 4.65. The SMILES string of the molecule is NNC(Cc1ccc(C(F)(F)F)cc1)=NC1CCCC1. The lowest BCUT2D eigenvalue weighted by Crippen LogP contribution is -2.33. The number of hydrogen-bond donors (Lipinski definition) is 2. The van der Waals surface area contributed by atoms with Crippen LogP contribution in [0.5, 0.6) is 0 Å². The molecule has 3 N–H and O–H groups in total. The maximum Gasteiger partial charge on any atom is 0.416 e. The largest absolute Gasteiger partial charge is 0.416 e. The van der Waals surface area contributed by atoms with Crippen molar-refractivity contribution in [2.75, 3.05) is 0 Å². The number of hydrazine groups is 1. The molecule has 1 aliphatic rings. The van der Waals surface area contributed by atoms with E-state index in [4.69, 9.17) is 5.84 Å². The van der Waals surface area contributed by atoms with Crippen molar-refractivity contribution < 1.29 is 13.2 Å². The van der Waals surface area contributed by atoms with Crippen molar-refractivity contribution in [3.8, 4) is 0 Å². The highest BCUT2D eigenvalue weighted by molar-refractivity contribution is 5.84. The Bertz CT molecular complexity index is 460. The van der Waals surface area contributed by atoms with Gasteiger partial charge in [0.1, 0.15) is 5.84 Å². The molecule has 2 rings (SSSR count). The number of aliphatic imine (C=N–C) groups is 1. The zero-order valence-electron chi connectivity index (χ0n) is 11.1. The average Bonchev–Trinajstić information content (AvgIpc) is 2.90. The minimum absolute atomic E-state index is 0.287. The number of nitrogens with two attached hydrogens (primary N) is 1. The molecule has 6 heteroatoms. The van der Waals surface area contributed by atoms with Crippen LogP contribution in [-0.4, -0.2) is 11.9 Å². The van der Waals surface area contributed by atoms with Crippen molar-refractivity contribution in [2.45, 2.75) is 44.3 Å². The highest BCUT2D eigenvalue weighted by Crippen LogP contribution is 2.29. The summed E-state index contributed by atoms with van der Waals surface area (Å²) in [4.78, 5) is 4.52. The molecular formula is C14H18F3N3. The van der Waals surface area contributed by atoms with Gasteiger partial charge in [-0.05, 0) is 30.5 Å². The van der Waals surface area contributed by atoms with Crippen LogP contribution in [0.15, 0.2) is 29.3 Å². The molecular weight excluding hydrogens is 267 g/mol. The summed E-state index contributed by atoms with van der Waals surface area (Å²) in [5, 5.41) is 0. The minimum Gasteiger partial charge on any atom is -0.312 e. The number of amidine groups is 1. The number of benzene rings is 1. The molecule has 0 radical (unpaired) electrons. The van der Waals surface area contributed by atoms with Crippen molar-refractivity contribution in [3.05, 3.63) is 35.4 Å². The van der Waals surface area contributed by atoms with Gasteiger partial charge in [0.2, 0.25) is 0 Å². The second kappa shape index (κ2) is 6.26. The summed E-state index contributed by atoms with van der Waals surface area (Å²) in [6, 6.07) is 5.38. The number of alkyl halides is 3. The van der Waals surface area contributed by atoms with E-state index in [1.165, 1.54) is 25.0 Å². The van der Waals surface area contributed by atoms with Gasteiger partial charge in [-0.1, -0.05) is 25.0 Å². The lowest BCUT2D eigenvalue weighted by molar-refractivity contribution is -0.137. The predicted molar refractivity (Wildman–Crippen MR) is 72.2 cm³/mol. The molecule has 0 saturated heterocycles. The van der Waals surface area contributed by atoms with Crippen LogP contribution < -0.4 is 11.3 Å². The molecule has 0 amide bonds. The smallest absolute Gasteiger partial charge is 0.312 e. The monoisotopic (exact) mass is 285 g/mol. The molecule has 1 aromatic carbocycles. The summed E-state index contributed by atoms with van der Waals surface area (Å²) < 4.78 is 37.4. The van der Waals surface area contributed by atoms with E-state index in [2.05, 4.69) is 10.4 Å². The van der Waals surface area contributed by atoms with Crippen LogP contribution in [0.25, 0.3) is 0 Å². The molecule has 0 aliphatic heterocycles. The average molecular weight is 285 g/mol. The van der Waals surface area contributed by atoms with Gasteiger partial charge in [0.05, 0.1) is 11.6 Å². The first-order valence-electron chi connectivity index (χ1n) is 6.68. The van der Waals surface area contributed by atoms with Crippen molar-refractivity contribution in [1.82, 2.24) is 5.43 Å². The Morgan fingerprint density at radius 1 is 1.20 bits per heavy atom. The van der Waals surface area contributed by atoms with Crippen LogP contribution in [0.2, 0.25) is 0 Å². The van der Waals surface area contributed by atoms with Gasteiger partial charge in [0, 0.05) is 6.42 Å². The van der Waals surface area contributed by atoms with E-state index in [0.29, 0.717) is 12.3 Å². The van der Waals surface area contributed by atoms with Crippen LogP contribution >= 0.6 is 0 Å². The Hall–Kier alpha value is -1.56. The fourth-order valence-electron chi connectivity index (χ4n) is 2.39. The topological polar surface area (TPSA) is 50.4 Å². The van der Waals surface area contributed by atoms with Gasteiger partial charge >= 0.3 is 6.18 Å². The first-order chi connectivity index (χ1) is 9.49. The summed E-state index contributed by atoms with van der Waals surface area (Å²) >= 11 is 0. The second-order valence-electron chi connectivity index (χ2n) is 5.03. The Morgan fingerprint density at radius 2 is 1.80 bits per heavy atom. The summed E-state index contributed by atoms with van der Waals surface area (Å²) in [5.74, 6) is 6.06. The Balaban J connectivity index is 2.04. The first kappa shape index (κ1) is 14.8. The lowest BCUT2D eigenvalue weighted by atomic mass is 10.1. The highest BCUT2D eigenvalue weighted by Gasteiger charge is 2.29. The summed E-state index contributed by atoms with van der Waals surface area (Å²) in [6.07, 6.45) is 0.575. The van der Waals surface area contributed by atoms with E-state index in [-0.39, 0.29) is 6.04 Å². The zero-order valence-corrected chi connectivity index (χ0v) is 11.1. The Labute approximate surface area is 116 Å². The Morgan fingerprint density at radius 3 is 2.30 bits per heavy atom. The maximum atomic E-state index is 12.5. The van der Waals surface area contributed by atoms with Gasteiger partial charge in [0.15, 0.2) is 0 Å². The van der Waals surface area contributed by atoms with E-state index >= 15 is 0 Å². The molecule has 0 atom stereocenters. The summed E-state index contributed by atoms with van der Waals surface area (Å²) in [6.45, 7) is 0. The van der Waals surface area contributed by atoms with Crippen LogP contribution in [0, 0.1) is 0 Å². The molecule has 1 aliphatic carbocycles. The summed E-state index contributed by atoms with van der Waals surface area (Å²) in [5.41, 5.74) is 2.66. The third-order valence-corrected chi connectivity index (χ3v) is 3.48. The van der Waals surface area contributed by atoms with Crippen LogP contribution in [0.4, 0.5) is 13.2 Å². The van der Waals surface area contributed by atoms with Crippen LogP contribution in [-0.2, 0) is 12.6 Å². The molecule has 1 saturated carbocycles. The molecule has 20 heavy (non-hydrogen) atoms. The van der Waals surface area contributed by atoms with E-state index in [1.54, 1.807) is 0 Å². The number of hydrogen-bond acceptors (Lipinski definition) is 2. The fourth-order valence-corrected chi connectivity index (χ4v) is 2.39. The second-order valence-corrected chi connectivity index (χ2v) is 5.03. The molecule has 0 unspecified atom stereocenters. The van der Waals surface area contributed by atoms with Gasteiger partial charge in [-0.25, -0.2) is 5.84 Å². The number of halogens is 3. The predicted octanol–water partition coefficient (Wildman–Crippen LogP) is 3.05. The van der Waals surface area contributed by atoms with Crippen molar-refractivity contribution in [2.24, 2.45) is 10.8 Å². The molecule has 0 heterocycles. The van der Waals surface area contributed by atoms with Gasteiger partial charge in [-0.15, -0.1) is 0 Å². The first-order valence-corrected chi connectivity index (χ1v) is 6.68. The minimum atomic E-state index is -4.30. The van der Waals surface area contributed by atoms with Crippen molar-refractivity contribution in [1.29, 1.82) is 0 Å². The standard InChI is InChI=1S/C14H18F3N3/c15-14(16,17)11-7-5-10(6-8-11)9-13(20-18)19-12-3-1-2-4-12/h5-8,12H,1-4,9,18H2,(H,19,20). The highest BCUT2D eigenvalue weighted by atomic mass is 19.4. The molecule has 3 nitrogen and oxygen atoms in total. The molecule has 1 fully saturated rings. The lowest BCUT2D eigenvalue weighted by Gasteiger charge is -2.11. The molecule has 110 valence electrons. The normalized spacial score (nSPS) is 17.5. The molecule has 1 aromatic rings. The number of nitrogens with one attached hydrogen (secondary N) is 1. The van der Waals surface area contributed by atoms with E-state index in [1.807, 2.05) is 0 Å². The number of rotatable bonds is 3. The quantitative estimate of drug-likeness (QED) is 0.388. The van der Waals surface area contributed by atoms with Gasteiger partial charge < -0.3 is 5.43 Å². The van der Waals surface area contributed by atoms with Crippen LogP contribution in [0.1, 0.15) is 36.8 Å². The van der Waals surface area contributed by atoms with Gasteiger partial charge in [-0.2, -0.15) is 13.2 Å². The van der Waals surface area contributed by atoms with Crippen molar-refractivity contribution in [3.63, 3.8) is 0 Å². The molecule has 0 spiro atoms. The third-order valence-electron chi connectivity index (χ3n) is 3.48. The van der Waals surface area contributed by atoms with E-state index < -0.39 is 11.7 Å². The third kappa shape index (κ3) is 3.96. The maximum absolute atomic E-state index is 12.5. The van der Waals surface area contributed by atoms with Gasteiger partial charge in [0.25, 0.3) is 0 Å². The van der Waals surface area contributed by atoms with E-state index in [9.17, 15) is 13.2 Å². The van der Waals surface area contributed by atoms with E-state index in [0.717, 1.165) is 30.5 Å².